The zero-order valence-electron chi connectivity index (χ0n) is 10.0. The van der Waals surface area contributed by atoms with Crippen molar-refractivity contribution in [3.8, 4) is 11.5 Å². The van der Waals surface area contributed by atoms with Gasteiger partial charge in [0.05, 0.1) is 17.4 Å². The number of hydrogen-bond acceptors (Lipinski definition) is 3. The van der Waals surface area contributed by atoms with Gasteiger partial charge in [-0.15, -0.1) is 0 Å². The molecule has 3 rings (SSSR count). The van der Waals surface area contributed by atoms with Gasteiger partial charge in [-0.25, -0.2) is 0 Å². The Balaban J connectivity index is 1.98. The molecule has 0 aliphatic heterocycles. The number of aromatic nitrogens is 1. The summed E-state index contributed by atoms with van der Waals surface area (Å²) in [6, 6.07) is 15.4. The van der Waals surface area contributed by atoms with E-state index in [0.29, 0.717) is 17.2 Å². The highest BCUT2D eigenvalue weighted by Gasteiger charge is 2.04. The average molecular weight is 315 g/mol. The van der Waals surface area contributed by atoms with Crippen LogP contribution < -0.4 is 10.5 Å². The first-order valence-corrected chi connectivity index (χ1v) is 6.59. The van der Waals surface area contributed by atoms with Crippen LogP contribution in [-0.2, 0) is 0 Å². The van der Waals surface area contributed by atoms with Crippen molar-refractivity contribution in [3.63, 3.8) is 0 Å². The van der Waals surface area contributed by atoms with Crippen LogP contribution in [0.4, 0.5) is 5.69 Å². The number of para-hydroxylation sites is 1. The Bertz CT molecular complexity index is 743. The maximum Gasteiger partial charge on any atom is 0.151 e. The molecule has 2 N–H and O–H groups in total. The second kappa shape index (κ2) is 4.90. The van der Waals surface area contributed by atoms with E-state index in [2.05, 4.69) is 20.9 Å². The Morgan fingerprint density at radius 1 is 1.05 bits per heavy atom. The second-order valence-electron chi connectivity index (χ2n) is 4.15. The lowest BCUT2D eigenvalue weighted by atomic mass is 10.2. The highest BCUT2D eigenvalue weighted by molar-refractivity contribution is 9.10. The summed E-state index contributed by atoms with van der Waals surface area (Å²) >= 11 is 3.40. The topological polar surface area (TPSA) is 48.1 Å². The van der Waals surface area contributed by atoms with Crippen LogP contribution in [0.3, 0.4) is 0 Å². The van der Waals surface area contributed by atoms with Gasteiger partial charge in [0.2, 0.25) is 0 Å². The molecule has 0 fully saturated rings. The van der Waals surface area contributed by atoms with E-state index < -0.39 is 0 Å². The fourth-order valence-corrected chi connectivity index (χ4v) is 2.17. The van der Waals surface area contributed by atoms with Crippen molar-refractivity contribution in [2.45, 2.75) is 0 Å². The van der Waals surface area contributed by atoms with Crippen molar-refractivity contribution < 1.29 is 4.74 Å². The quantitative estimate of drug-likeness (QED) is 0.714. The summed E-state index contributed by atoms with van der Waals surface area (Å²) in [4.78, 5) is 4.35. The predicted molar refractivity (Wildman–Crippen MR) is 80.4 cm³/mol. The maximum absolute atomic E-state index is 5.88. The van der Waals surface area contributed by atoms with E-state index in [4.69, 9.17) is 10.5 Å². The Morgan fingerprint density at radius 2 is 1.89 bits per heavy atom. The number of nitrogens with two attached hydrogens (primary N) is 1. The van der Waals surface area contributed by atoms with Gasteiger partial charge in [0, 0.05) is 9.86 Å². The monoisotopic (exact) mass is 314 g/mol. The first-order valence-electron chi connectivity index (χ1n) is 5.80. The number of nitrogens with zero attached hydrogens (tertiary/aromatic N) is 1. The van der Waals surface area contributed by atoms with Crippen molar-refractivity contribution in [2.75, 3.05) is 5.73 Å². The number of hydrogen-bond donors (Lipinski definition) is 1. The summed E-state index contributed by atoms with van der Waals surface area (Å²) in [6.07, 6.45) is 1.70. The van der Waals surface area contributed by atoms with Gasteiger partial charge in [-0.2, -0.15) is 0 Å². The minimum absolute atomic E-state index is 0.594. The van der Waals surface area contributed by atoms with E-state index in [-0.39, 0.29) is 0 Å². The van der Waals surface area contributed by atoms with Crippen molar-refractivity contribution >= 4 is 32.5 Å². The molecule has 1 heterocycles. The fourth-order valence-electron chi connectivity index (χ4n) is 1.83. The Morgan fingerprint density at radius 3 is 2.79 bits per heavy atom. The molecular formula is C15H11BrN2O. The van der Waals surface area contributed by atoms with Crippen LogP contribution in [0.15, 0.2) is 59.2 Å². The molecular weight excluding hydrogens is 304 g/mol. The first kappa shape index (κ1) is 12.0. The molecule has 2 aromatic carbocycles. The largest absolute Gasteiger partial charge is 0.454 e. The third kappa shape index (κ3) is 2.53. The molecule has 0 spiro atoms. The average Bonchev–Trinajstić information content (AvgIpc) is 2.43. The van der Waals surface area contributed by atoms with E-state index >= 15 is 0 Å². The first-order chi connectivity index (χ1) is 9.22. The minimum Gasteiger partial charge on any atom is -0.454 e. The summed E-state index contributed by atoms with van der Waals surface area (Å²) in [5, 5.41) is 1.04. The SMILES string of the molecule is Nc1ccc(Br)cc1Oc1cnc2ccccc2c1. The lowest BCUT2D eigenvalue weighted by Gasteiger charge is -2.09. The molecule has 4 heteroatoms. The molecule has 94 valence electrons. The number of rotatable bonds is 2. The highest BCUT2D eigenvalue weighted by atomic mass is 79.9. The highest BCUT2D eigenvalue weighted by Crippen LogP contribution is 2.31. The number of ether oxygens (including phenoxy) is 1. The lowest BCUT2D eigenvalue weighted by Crippen LogP contribution is -1.92. The molecule has 3 aromatic rings. The van der Waals surface area contributed by atoms with Gasteiger partial charge in [-0.1, -0.05) is 34.1 Å². The predicted octanol–water partition coefficient (Wildman–Crippen LogP) is 4.37. The van der Waals surface area contributed by atoms with Crippen molar-refractivity contribution in [2.24, 2.45) is 0 Å². The normalized spacial score (nSPS) is 10.6. The number of benzene rings is 2. The van der Waals surface area contributed by atoms with Crippen LogP contribution in [0.25, 0.3) is 10.9 Å². The van der Waals surface area contributed by atoms with Gasteiger partial charge < -0.3 is 10.5 Å². The number of pyridine rings is 1. The number of fused-ring (bicyclic) bond motifs is 1. The fraction of sp³-hybridized carbons (Fsp3) is 0. The molecule has 0 bridgehead atoms. The van der Waals surface area contributed by atoms with Gasteiger partial charge >= 0.3 is 0 Å². The van der Waals surface area contributed by atoms with Crippen LogP contribution in [-0.4, -0.2) is 4.98 Å². The molecule has 0 amide bonds. The van der Waals surface area contributed by atoms with Crippen LogP contribution in [0.5, 0.6) is 11.5 Å². The Kier molecular flexibility index (Phi) is 3.09. The van der Waals surface area contributed by atoms with Gasteiger partial charge in [-0.05, 0) is 30.3 Å². The van der Waals surface area contributed by atoms with Crippen molar-refractivity contribution in [3.05, 3.63) is 59.2 Å². The van der Waals surface area contributed by atoms with Crippen molar-refractivity contribution in [1.29, 1.82) is 0 Å². The third-order valence-corrected chi connectivity index (χ3v) is 3.26. The van der Waals surface area contributed by atoms with E-state index in [1.165, 1.54) is 0 Å². The Labute approximate surface area is 119 Å². The minimum atomic E-state index is 0.594. The third-order valence-electron chi connectivity index (χ3n) is 2.77. The molecule has 0 aliphatic carbocycles. The molecule has 19 heavy (non-hydrogen) atoms. The summed E-state index contributed by atoms with van der Waals surface area (Å²) in [7, 11) is 0. The molecule has 0 saturated heterocycles. The van der Waals surface area contributed by atoms with Crippen LogP contribution in [0.2, 0.25) is 0 Å². The zero-order chi connectivity index (χ0) is 13.2. The smallest absolute Gasteiger partial charge is 0.151 e. The molecule has 3 nitrogen and oxygen atoms in total. The van der Waals surface area contributed by atoms with E-state index in [0.717, 1.165) is 15.4 Å². The van der Waals surface area contributed by atoms with Gasteiger partial charge in [0.1, 0.15) is 5.75 Å². The van der Waals surface area contributed by atoms with Crippen LogP contribution in [0.1, 0.15) is 0 Å². The summed E-state index contributed by atoms with van der Waals surface area (Å²) < 4.78 is 6.70. The molecule has 0 aliphatic rings. The van der Waals surface area contributed by atoms with Crippen molar-refractivity contribution in [1.82, 2.24) is 4.98 Å². The Hall–Kier alpha value is -2.07. The van der Waals surface area contributed by atoms with Gasteiger partial charge in [0.25, 0.3) is 0 Å². The summed E-state index contributed by atoms with van der Waals surface area (Å²) in [5.74, 6) is 1.29. The molecule has 0 saturated carbocycles. The molecule has 0 unspecified atom stereocenters. The number of nitrogen functional groups attached to an aromatic ring is 1. The summed E-state index contributed by atoms with van der Waals surface area (Å²) in [6.45, 7) is 0. The second-order valence-corrected chi connectivity index (χ2v) is 5.06. The number of halogens is 1. The molecule has 0 atom stereocenters. The molecule has 0 radical (unpaired) electrons. The van der Waals surface area contributed by atoms with Gasteiger partial charge in [0.15, 0.2) is 5.75 Å². The van der Waals surface area contributed by atoms with Crippen LogP contribution >= 0.6 is 15.9 Å². The zero-order valence-corrected chi connectivity index (χ0v) is 11.6. The van der Waals surface area contributed by atoms with E-state index in [9.17, 15) is 0 Å². The number of anilines is 1. The van der Waals surface area contributed by atoms with Crippen LogP contribution in [0, 0.1) is 0 Å². The molecule has 1 aromatic heterocycles. The lowest BCUT2D eigenvalue weighted by molar-refractivity contribution is 0.483. The van der Waals surface area contributed by atoms with E-state index in [1.807, 2.05) is 42.5 Å². The van der Waals surface area contributed by atoms with Gasteiger partial charge in [-0.3, -0.25) is 4.98 Å². The van der Waals surface area contributed by atoms with E-state index in [1.54, 1.807) is 12.3 Å². The maximum atomic E-state index is 5.88. The standard InChI is InChI=1S/C15H11BrN2O/c16-11-5-6-13(17)15(8-11)19-12-7-10-3-1-2-4-14(10)18-9-12/h1-9H,17H2. The summed E-state index contributed by atoms with van der Waals surface area (Å²) in [5.41, 5.74) is 7.42.